The van der Waals surface area contributed by atoms with E-state index >= 15 is 0 Å². The van der Waals surface area contributed by atoms with Gasteiger partial charge in [-0.05, 0) is 57.4 Å². The van der Waals surface area contributed by atoms with Crippen LogP contribution in [-0.2, 0) is 20.9 Å². The quantitative estimate of drug-likeness (QED) is 0.395. The van der Waals surface area contributed by atoms with Crippen molar-refractivity contribution in [2.45, 2.75) is 83.2 Å². The Bertz CT molecular complexity index is 1410. The van der Waals surface area contributed by atoms with Crippen LogP contribution in [-0.4, -0.2) is 57.6 Å². The lowest BCUT2D eigenvalue weighted by molar-refractivity contribution is -0.150. The van der Waals surface area contributed by atoms with Crippen LogP contribution in [0, 0.1) is 6.92 Å². The van der Waals surface area contributed by atoms with Crippen molar-refractivity contribution in [2.75, 3.05) is 19.7 Å². The van der Waals surface area contributed by atoms with Crippen molar-refractivity contribution in [3.8, 4) is 0 Å². The lowest BCUT2D eigenvalue weighted by Crippen LogP contribution is -2.63. The summed E-state index contributed by atoms with van der Waals surface area (Å²) in [6.45, 7) is 3.22. The van der Waals surface area contributed by atoms with Gasteiger partial charge in [0.05, 0.1) is 6.61 Å². The number of rotatable bonds is 10. The fraction of sp³-hybridized carbons (Fsp3) is 0.516. The number of aromatic nitrogens is 2. The fourth-order valence-electron chi connectivity index (χ4n) is 5.99. The summed E-state index contributed by atoms with van der Waals surface area (Å²) in [4.78, 5) is 68.1. The molecule has 2 aliphatic carbocycles. The number of carbonyl (C=O) groups is 3. The van der Waals surface area contributed by atoms with E-state index in [1.807, 2.05) is 18.2 Å². The Hall–Kier alpha value is -4.15. The highest BCUT2D eigenvalue weighted by molar-refractivity contribution is 5.92. The van der Waals surface area contributed by atoms with Crippen molar-refractivity contribution in [3.05, 3.63) is 80.3 Å². The molecule has 3 amide bonds. The molecular formula is C31H41N5O6. The average molecular weight is 580 g/mol. The van der Waals surface area contributed by atoms with E-state index in [-0.39, 0.29) is 32.1 Å². The van der Waals surface area contributed by atoms with Gasteiger partial charge < -0.3 is 20.3 Å². The summed E-state index contributed by atoms with van der Waals surface area (Å²) in [7, 11) is 0. The normalized spacial score (nSPS) is 18.0. The Morgan fingerprint density at radius 1 is 1.12 bits per heavy atom. The van der Waals surface area contributed by atoms with E-state index in [1.165, 1.54) is 16.7 Å². The van der Waals surface area contributed by atoms with Crippen LogP contribution in [0.1, 0.15) is 75.3 Å². The Kier molecular flexibility index (Phi) is 10.4. The average Bonchev–Trinajstić information content (AvgIpc) is 2.99. The molecule has 1 aromatic carbocycles. The molecule has 1 unspecified atom stereocenters. The highest BCUT2D eigenvalue weighted by atomic mass is 16.5. The number of ether oxygens (including phenoxy) is 1. The fourth-order valence-corrected chi connectivity index (χ4v) is 5.99. The number of alkyl carbamates (subject to hydrolysis) is 1. The van der Waals surface area contributed by atoms with Gasteiger partial charge in [0.15, 0.2) is 0 Å². The van der Waals surface area contributed by atoms with Gasteiger partial charge in [0, 0.05) is 30.5 Å². The molecule has 0 spiro atoms. The summed E-state index contributed by atoms with van der Waals surface area (Å²) in [6.07, 6.45) is 8.63. The van der Waals surface area contributed by atoms with E-state index in [2.05, 4.69) is 33.8 Å². The number of allylic oxidation sites excluding steroid dienone is 2. The second-order valence-electron chi connectivity index (χ2n) is 11.0. The molecule has 11 heteroatoms. The number of nitrogens with one attached hydrogen (secondary N) is 3. The standard InChI is InChI=1S/C31H41N5O6/c1-3-42-30(41)32-18-19-36(26(37)21-35-20-22(2)27(38)34-29(35)40)31(16-8-5-9-17-31)28(39)33-25-14-12-24(13-15-25)23-10-6-4-7-11-23/h4,6-7,10-11,14,20,24H,3,5,8-9,12-13,15-19,21H2,1-2H3,(H,32,41)(H,33,39)(H,34,38,40). The predicted molar refractivity (Wildman–Crippen MR) is 158 cm³/mol. The summed E-state index contributed by atoms with van der Waals surface area (Å²) in [5.41, 5.74) is 0.0525. The monoisotopic (exact) mass is 579 g/mol. The molecule has 0 aliphatic heterocycles. The van der Waals surface area contributed by atoms with Crippen LogP contribution < -0.4 is 21.9 Å². The minimum Gasteiger partial charge on any atom is -0.450 e. The lowest BCUT2D eigenvalue weighted by Gasteiger charge is -2.45. The molecule has 4 rings (SSSR count). The van der Waals surface area contributed by atoms with Gasteiger partial charge in [-0.3, -0.25) is 23.9 Å². The molecule has 3 N–H and O–H groups in total. The Labute approximate surface area is 245 Å². The van der Waals surface area contributed by atoms with Crippen LogP contribution in [0.3, 0.4) is 0 Å². The van der Waals surface area contributed by atoms with Crippen LogP contribution in [0.15, 0.2) is 57.9 Å². The summed E-state index contributed by atoms with van der Waals surface area (Å²) in [6, 6.07) is 10.3. The van der Waals surface area contributed by atoms with E-state index in [0.29, 0.717) is 30.7 Å². The number of amides is 3. The molecule has 0 saturated heterocycles. The summed E-state index contributed by atoms with van der Waals surface area (Å²) in [5.74, 6) is -0.310. The number of carbonyl (C=O) groups excluding carboxylic acids is 3. The SMILES string of the molecule is CCOC(=O)NCCN(C(=O)Cn1cc(C)c(=O)[nH]c1=O)C1(C(=O)NC2=CCC(c3ccccc3)CC2)CCCCC1. The molecule has 1 fully saturated rings. The maximum Gasteiger partial charge on any atom is 0.407 e. The van der Waals surface area contributed by atoms with Gasteiger partial charge in [-0.25, -0.2) is 9.59 Å². The summed E-state index contributed by atoms with van der Waals surface area (Å²) in [5, 5.41) is 5.79. The van der Waals surface area contributed by atoms with Gasteiger partial charge in [0.2, 0.25) is 11.8 Å². The largest absolute Gasteiger partial charge is 0.450 e. The number of hydrogen-bond donors (Lipinski definition) is 3. The topological polar surface area (TPSA) is 143 Å². The van der Waals surface area contributed by atoms with Gasteiger partial charge in [-0.1, -0.05) is 55.7 Å². The summed E-state index contributed by atoms with van der Waals surface area (Å²) >= 11 is 0. The Balaban J connectivity index is 1.58. The van der Waals surface area contributed by atoms with Gasteiger partial charge >= 0.3 is 11.8 Å². The molecule has 42 heavy (non-hydrogen) atoms. The molecule has 1 saturated carbocycles. The van der Waals surface area contributed by atoms with Crippen molar-refractivity contribution in [1.29, 1.82) is 0 Å². The molecule has 1 aromatic heterocycles. The van der Waals surface area contributed by atoms with Gasteiger partial charge in [-0.2, -0.15) is 0 Å². The van der Waals surface area contributed by atoms with Crippen LogP contribution in [0.5, 0.6) is 0 Å². The Morgan fingerprint density at radius 2 is 1.86 bits per heavy atom. The van der Waals surface area contributed by atoms with Crippen LogP contribution >= 0.6 is 0 Å². The van der Waals surface area contributed by atoms with Gasteiger partial charge in [0.25, 0.3) is 5.56 Å². The first kappa shape index (κ1) is 30.8. The third-order valence-corrected chi connectivity index (χ3v) is 8.25. The minimum atomic E-state index is -1.15. The van der Waals surface area contributed by atoms with E-state index < -0.39 is 28.8 Å². The van der Waals surface area contributed by atoms with Crippen molar-refractivity contribution >= 4 is 17.9 Å². The minimum absolute atomic E-state index is 0.0529. The van der Waals surface area contributed by atoms with Crippen LogP contribution in [0.25, 0.3) is 0 Å². The zero-order chi connectivity index (χ0) is 30.1. The second-order valence-corrected chi connectivity index (χ2v) is 11.0. The van der Waals surface area contributed by atoms with Gasteiger partial charge in [-0.15, -0.1) is 0 Å². The van der Waals surface area contributed by atoms with Crippen molar-refractivity contribution in [1.82, 2.24) is 25.1 Å². The summed E-state index contributed by atoms with van der Waals surface area (Å²) < 4.78 is 6.11. The van der Waals surface area contributed by atoms with Crippen molar-refractivity contribution in [3.63, 3.8) is 0 Å². The van der Waals surface area contributed by atoms with E-state index in [1.54, 1.807) is 13.8 Å². The lowest BCUT2D eigenvalue weighted by atomic mass is 9.78. The van der Waals surface area contributed by atoms with Gasteiger partial charge in [0.1, 0.15) is 12.1 Å². The number of hydrogen-bond acceptors (Lipinski definition) is 6. The highest BCUT2D eigenvalue weighted by Crippen LogP contribution is 2.36. The number of aromatic amines is 1. The molecule has 11 nitrogen and oxygen atoms in total. The van der Waals surface area contributed by atoms with E-state index in [4.69, 9.17) is 4.74 Å². The zero-order valence-electron chi connectivity index (χ0n) is 24.4. The van der Waals surface area contributed by atoms with E-state index in [0.717, 1.165) is 42.4 Å². The predicted octanol–water partition coefficient (Wildman–Crippen LogP) is 3.09. The third kappa shape index (κ3) is 7.37. The van der Waals surface area contributed by atoms with Crippen LogP contribution in [0.2, 0.25) is 0 Å². The maximum absolute atomic E-state index is 14.1. The molecule has 1 heterocycles. The molecule has 2 aromatic rings. The number of nitrogens with zero attached hydrogens (tertiary/aromatic N) is 2. The van der Waals surface area contributed by atoms with Crippen molar-refractivity contribution in [2.24, 2.45) is 0 Å². The number of benzene rings is 1. The first-order chi connectivity index (χ1) is 20.2. The second kappa shape index (κ2) is 14.2. The molecular weight excluding hydrogens is 538 g/mol. The molecule has 0 radical (unpaired) electrons. The maximum atomic E-state index is 14.1. The molecule has 0 bridgehead atoms. The van der Waals surface area contributed by atoms with Crippen LogP contribution in [0.4, 0.5) is 4.79 Å². The third-order valence-electron chi connectivity index (χ3n) is 8.25. The molecule has 1 atom stereocenters. The molecule has 2 aliphatic rings. The highest BCUT2D eigenvalue weighted by Gasteiger charge is 2.47. The zero-order valence-corrected chi connectivity index (χ0v) is 24.4. The number of aryl methyl sites for hydroxylation is 1. The number of H-pyrrole nitrogens is 1. The smallest absolute Gasteiger partial charge is 0.407 e. The Morgan fingerprint density at radius 3 is 2.52 bits per heavy atom. The molecule has 226 valence electrons. The van der Waals surface area contributed by atoms with Crippen molar-refractivity contribution < 1.29 is 19.1 Å². The first-order valence-corrected chi connectivity index (χ1v) is 14.8. The first-order valence-electron chi connectivity index (χ1n) is 14.8. The van der Waals surface area contributed by atoms with E-state index in [9.17, 15) is 24.0 Å².